The maximum atomic E-state index is 13.7. The van der Waals surface area contributed by atoms with E-state index in [1.807, 2.05) is 103 Å². The molecule has 0 bridgehead atoms. The lowest BCUT2D eigenvalue weighted by molar-refractivity contribution is 0.101. The van der Waals surface area contributed by atoms with Crippen molar-refractivity contribution in [3.63, 3.8) is 0 Å². The number of anilines is 2. The monoisotopic (exact) mass is 724 g/mol. The van der Waals surface area contributed by atoms with E-state index in [-0.39, 0.29) is 17.5 Å². The first-order valence-corrected chi connectivity index (χ1v) is 17.2. The van der Waals surface area contributed by atoms with Crippen LogP contribution in [0.3, 0.4) is 0 Å². The number of aromatic nitrogens is 4. The minimum Gasteiger partial charge on any atom is -0.469 e. The predicted molar refractivity (Wildman–Crippen MR) is 205 cm³/mol. The van der Waals surface area contributed by atoms with E-state index in [1.54, 1.807) is 25.3 Å². The second-order valence-electron chi connectivity index (χ2n) is 12.5. The number of fused-ring (bicyclic) bond motifs is 2. The molecule has 0 radical (unpaired) electrons. The number of halogens is 2. The van der Waals surface area contributed by atoms with Crippen LogP contribution in [0.25, 0.3) is 32.9 Å². The summed E-state index contributed by atoms with van der Waals surface area (Å²) in [6.45, 7) is 2.92. The molecule has 0 fully saturated rings. The standard InChI is InChI=1S/C41H30Cl2N6O3/c1-25-32(16-17-52-25)40(50)45-37-24-49(22-27-8-13-31(43)14-9-27)39-15-10-28(18-34(37)39)29-19-35(47-44-20-29)41(51)46-36-23-48(38-5-3-2-4-33(36)38)21-26-6-11-30(42)12-7-26/h2-20,23-24H,21-22H2,1H3,(H,45,50)(H,46,51). The summed E-state index contributed by atoms with van der Waals surface area (Å²) >= 11 is 12.2. The molecule has 0 saturated carbocycles. The molecule has 2 amide bonds. The van der Waals surface area contributed by atoms with Gasteiger partial charge in [0.05, 0.1) is 40.4 Å². The fourth-order valence-electron chi connectivity index (χ4n) is 6.39. The average Bonchev–Trinajstić information content (AvgIpc) is 3.85. The predicted octanol–water partition coefficient (Wildman–Crippen LogP) is 9.86. The zero-order chi connectivity index (χ0) is 35.8. The van der Waals surface area contributed by atoms with Crippen molar-refractivity contribution in [3.8, 4) is 11.1 Å². The largest absolute Gasteiger partial charge is 0.469 e. The van der Waals surface area contributed by atoms with Gasteiger partial charge in [-0.05, 0) is 78.2 Å². The van der Waals surface area contributed by atoms with Crippen molar-refractivity contribution >= 4 is 68.2 Å². The highest BCUT2D eigenvalue weighted by molar-refractivity contribution is 6.30. The molecule has 4 aromatic heterocycles. The Balaban J connectivity index is 1.10. The zero-order valence-corrected chi connectivity index (χ0v) is 29.3. The number of hydrogen-bond donors (Lipinski definition) is 2. The van der Waals surface area contributed by atoms with E-state index in [2.05, 4.69) is 30.0 Å². The third-order valence-corrected chi connectivity index (χ3v) is 9.53. The van der Waals surface area contributed by atoms with E-state index >= 15 is 0 Å². The molecule has 0 unspecified atom stereocenters. The number of amides is 2. The second-order valence-corrected chi connectivity index (χ2v) is 13.3. The summed E-state index contributed by atoms with van der Waals surface area (Å²) in [6.07, 6.45) is 6.96. The average molecular weight is 726 g/mol. The normalized spacial score (nSPS) is 11.3. The van der Waals surface area contributed by atoms with Crippen molar-refractivity contribution in [2.45, 2.75) is 20.0 Å². The molecule has 8 aromatic rings. The van der Waals surface area contributed by atoms with Crippen LogP contribution in [0.5, 0.6) is 0 Å². The zero-order valence-electron chi connectivity index (χ0n) is 27.8. The van der Waals surface area contributed by atoms with E-state index in [9.17, 15) is 9.59 Å². The highest BCUT2D eigenvalue weighted by atomic mass is 35.5. The van der Waals surface area contributed by atoms with E-state index in [1.165, 1.54) is 6.26 Å². The number of carbonyl (C=O) groups is 2. The van der Waals surface area contributed by atoms with Crippen LogP contribution in [0.4, 0.5) is 11.4 Å². The van der Waals surface area contributed by atoms with Crippen molar-refractivity contribution in [2.75, 3.05) is 10.6 Å². The third-order valence-electron chi connectivity index (χ3n) is 9.02. The smallest absolute Gasteiger partial charge is 0.276 e. The molecule has 0 spiro atoms. The van der Waals surface area contributed by atoms with Crippen LogP contribution in [0.2, 0.25) is 10.0 Å². The number of benzene rings is 4. The Morgan fingerprint density at radius 3 is 1.96 bits per heavy atom. The molecular weight excluding hydrogens is 695 g/mol. The van der Waals surface area contributed by atoms with Gasteiger partial charge in [0.2, 0.25) is 0 Å². The van der Waals surface area contributed by atoms with Gasteiger partial charge in [-0.3, -0.25) is 9.59 Å². The van der Waals surface area contributed by atoms with Crippen LogP contribution >= 0.6 is 23.2 Å². The molecule has 11 heteroatoms. The maximum absolute atomic E-state index is 13.7. The highest BCUT2D eigenvalue weighted by Crippen LogP contribution is 2.33. The van der Waals surface area contributed by atoms with Gasteiger partial charge in [0.1, 0.15) is 5.76 Å². The number of para-hydroxylation sites is 1. The van der Waals surface area contributed by atoms with E-state index < -0.39 is 0 Å². The first-order valence-electron chi connectivity index (χ1n) is 16.5. The van der Waals surface area contributed by atoms with Crippen LogP contribution in [0.1, 0.15) is 37.7 Å². The van der Waals surface area contributed by atoms with Crippen LogP contribution in [0.15, 0.2) is 132 Å². The Morgan fingerprint density at radius 1 is 0.692 bits per heavy atom. The Bertz CT molecular complexity index is 2600. The summed E-state index contributed by atoms with van der Waals surface area (Å²) in [7, 11) is 0. The summed E-state index contributed by atoms with van der Waals surface area (Å²) in [5.74, 6) is -0.133. The quantitative estimate of drug-likeness (QED) is 0.154. The van der Waals surface area contributed by atoms with Crippen molar-refractivity contribution < 1.29 is 14.0 Å². The minimum absolute atomic E-state index is 0.163. The lowest BCUT2D eigenvalue weighted by Gasteiger charge is -2.08. The molecular formula is C41H30Cl2N6O3. The van der Waals surface area contributed by atoms with Crippen molar-refractivity contribution in [1.82, 2.24) is 19.3 Å². The first-order chi connectivity index (χ1) is 25.3. The van der Waals surface area contributed by atoms with Gasteiger partial charge in [-0.25, -0.2) is 0 Å². The fraction of sp³-hybridized carbons (Fsp3) is 0.0732. The van der Waals surface area contributed by atoms with Crippen molar-refractivity contribution in [1.29, 1.82) is 0 Å². The van der Waals surface area contributed by atoms with Gasteiger partial charge in [-0.1, -0.05) is 71.7 Å². The van der Waals surface area contributed by atoms with Gasteiger partial charge in [0.25, 0.3) is 11.8 Å². The minimum atomic E-state index is -0.387. The summed E-state index contributed by atoms with van der Waals surface area (Å²) in [6, 6.07) is 32.6. The number of nitrogens with zero attached hydrogens (tertiary/aromatic N) is 4. The molecule has 0 atom stereocenters. The molecule has 52 heavy (non-hydrogen) atoms. The van der Waals surface area contributed by atoms with Crippen molar-refractivity contribution in [3.05, 3.63) is 166 Å². The first kappa shape index (κ1) is 33.0. The van der Waals surface area contributed by atoms with Crippen LogP contribution in [-0.4, -0.2) is 31.1 Å². The Kier molecular flexibility index (Phi) is 8.80. The van der Waals surface area contributed by atoms with Gasteiger partial charge in [-0.2, -0.15) is 5.10 Å². The van der Waals surface area contributed by atoms with Gasteiger partial charge in [0, 0.05) is 51.9 Å². The topological polar surface area (TPSA) is 107 Å². The lowest BCUT2D eigenvalue weighted by Crippen LogP contribution is -2.14. The molecule has 0 aliphatic carbocycles. The summed E-state index contributed by atoms with van der Waals surface area (Å²) in [4.78, 5) is 27.0. The summed E-state index contributed by atoms with van der Waals surface area (Å²) in [5.41, 5.74) is 7.44. The molecule has 9 nitrogen and oxygen atoms in total. The molecule has 8 rings (SSSR count). The van der Waals surface area contributed by atoms with Gasteiger partial charge in [-0.15, -0.1) is 5.10 Å². The van der Waals surface area contributed by atoms with E-state index in [0.29, 0.717) is 51.4 Å². The highest BCUT2D eigenvalue weighted by Gasteiger charge is 2.19. The molecule has 0 saturated heterocycles. The number of hydrogen-bond acceptors (Lipinski definition) is 5. The van der Waals surface area contributed by atoms with Gasteiger partial charge >= 0.3 is 0 Å². The fourth-order valence-corrected chi connectivity index (χ4v) is 6.64. The summed E-state index contributed by atoms with van der Waals surface area (Å²) in [5, 5.41) is 17.6. The molecule has 256 valence electrons. The molecule has 0 aliphatic rings. The Labute approximate surface area is 308 Å². The van der Waals surface area contributed by atoms with Crippen LogP contribution < -0.4 is 10.6 Å². The van der Waals surface area contributed by atoms with Gasteiger partial charge in [0.15, 0.2) is 5.69 Å². The molecule has 4 aromatic carbocycles. The summed E-state index contributed by atoms with van der Waals surface area (Å²) < 4.78 is 9.54. The number of rotatable bonds is 9. The SMILES string of the molecule is Cc1occc1C(=O)Nc1cn(Cc2ccc(Cl)cc2)c2ccc(-c3cnnc(C(=O)Nc4cn(Cc5ccc(Cl)cc5)c5ccccc45)c3)cc12. The molecule has 0 aliphatic heterocycles. The number of aryl methyl sites for hydroxylation is 1. The van der Waals surface area contributed by atoms with E-state index in [4.69, 9.17) is 27.6 Å². The van der Waals surface area contributed by atoms with Crippen LogP contribution in [0, 0.1) is 6.92 Å². The molecule has 4 heterocycles. The lowest BCUT2D eigenvalue weighted by atomic mass is 10.0. The Morgan fingerprint density at radius 2 is 1.31 bits per heavy atom. The third kappa shape index (κ3) is 6.67. The Hall–Kier alpha value is -6.16. The van der Waals surface area contributed by atoms with Gasteiger partial charge < -0.3 is 24.2 Å². The number of carbonyl (C=O) groups excluding carboxylic acids is 2. The van der Waals surface area contributed by atoms with Crippen molar-refractivity contribution in [2.24, 2.45) is 0 Å². The molecule has 2 N–H and O–H groups in total. The maximum Gasteiger partial charge on any atom is 0.276 e. The second kappa shape index (κ2) is 13.9. The van der Waals surface area contributed by atoms with E-state index in [0.717, 1.165) is 38.5 Å². The number of furan rings is 1. The number of nitrogens with one attached hydrogen (secondary N) is 2. The van der Waals surface area contributed by atoms with Crippen LogP contribution in [-0.2, 0) is 13.1 Å².